The molecule has 19 nitrogen and oxygen atoms in total. The molecule has 2 fully saturated rings. The van der Waals surface area contributed by atoms with Gasteiger partial charge in [-0.25, -0.2) is 14.4 Å². The van der Waals surface area contributed by atoms with E-state index in [-0.39, 0.29) is 86.9 Å². The Kier molecular flexibility index (Phi) is 20.6. The fourth-order valence-corrected chi connectivity index (χ4v) is 12.2. The van der Waals surface area contributed by atoms with Crippen molar-refractivity contribution < 1.29 is 52.8 Å². The molecule has 0 radical (unpaired) electrons. The summed E-state index contributed by atoms with van der Waals surface area (Å²) in [5.74, 6) is -2.54. The lowest BCUT2D eigenvalue weighted by atomic mass is 9.85. The maximum atomic E-state index is 14.5. The number of nitrogens with zero attached hydrogens (tertiary/aromatic N) is 6. The number of hydrogen-bond donors (Lipinski definition) is 5. The van der Waals surface area contributed by atoms with E-state index in [4.69, 9.17) is 14.2 Å². The summed E-state index contributed by atoms with van der Waals surface area (Å²) in [6, 6.07) is 22.7. The number of phenolic OH excluding ortho intramolecular Hbond substituents is 1. The van der Waals surface area contributed by atoms with E-state index in [0.717, 1.165) is 56.7 Å². The van der Waals surface area contributed by atoms with E-state index in [1.165, 1.54) is 22.4 Å². The number of amides is 5. The number of piperazine rings is 1. The first-order valence-electron chi connectivity index (χ1n) is 28.4. The highest BCUT2D eigenvalue weighted by atomic mass is 32.1. The van der Waals surface area contributed by atoms with E-state index in [2.05, 4.69) is 55.1 Å². The molecule has 5 amide bonds. The SMILES string of the molecule is Cc1ncsc1-c1ccc(CNC(C)C2C[C@@H](O)CN2C(=O)C(NC(=O)CCOCCOCCOCCC(=O)N2CCN(c3ccc(-c4ccc5c(c4)C(=O)N(C(C(=O)Nc4nccs4)c4cc(F)ccc4O)C5)cc3)CC2)C(C)(C)C)cc1. The van der Waals surface area contributed by atoms with Crippen LogP contribution in [0.1, 0.15) is 85.7 Å². The van der Waals surface area contributed by atoms with Gasteiger partial charge in [-0.1, -0.05) is 69.3 Å². The molecule has 2 aromatic heterocycles. The van der Waals surface area contributed by atoms with Crippen LogP contribution in [-0.2, 0) is 46.5 Å². The maximum absolute atomic E-state index is 14.5. The van der Waals surface area contributed by atoms with E-state index in [0.29, 0.717) is 75.2 Å². The second kappa shape index (κ2) is 28.1. The first-order valence-corrected chi connectivity index (χ1v) is 30.2. The number of ether oxygens (including phenoxy) is 3. The summed E-state index contributed by atoms with van der Waals surface area (Å²) in [5, 5.41) is 32.7. The number of nitrogens with one attached hydrogen (secondary N) is 3. The van der Waals surface area contributed by atoms with Crippen molar-refractivity contribution in [1.29, 1.82) is 0 Å². The van der Waals surface area contributed by atoms with Gasteiger partial charge >= 0.3 is 0 Å². The van der Waals surface area contributed by atoms with Gasteiger partial charge in [0, 0.05) is 92.7 Å². The third-order valence-electron chi connectivity index (χ3n) is 15.5. The standard InChI is InChI=1S/C62H74FN9O10S2/c1-39(65-35-41-6-8-43(9-7-41)56-40(2)66-38-84-56)51-34-48(73)37-71(51)60(79)57(62(3,4)5)67-53(75)18-25-80-27-29-82-30-28-81-26-19-54(76)70-23-21-69(22-24-70)47-15-12-42(13-16-47)44-10-11-45-36-72(59(78)49(45)32-44)55(50-33-46(63)14-17-52(50)74)58(77)68-61-64-20-31-83-61/h6-17,20,31-33,38-39,48,51,55,57,65,73-74H,18-19,21-30,34-37H2,1-5H3,(H,67,75)(H,64,68,77)/t39?,48-,51?,55?,57?/m1/s1. The smallest absolute Gasteiger partial charge is 0.255 e. The number of aliphatic hydroxyl groups is 1. The Morgan fingerprint density at radius 3 is 2.17 bits per heavy atom. The average molecular weight is 1190 g/mol. The summed E-state index contributed by atoms with van der Waals surface area (Å²) < 4.78 is 31.5. The highest BCUT2D eigenvalue weighted by Crippen LogP contribution is 2.39. The van der Waals surface area contributed by atoms with Crippen LogP contribution in [0.15, 0.2) is 102 Å². The van der Waals surface area contributed by atoms with Crippen LogP contribution in [0.25, 0.3) is 21.6 Å². The maximum Gasteiger partial charge on any atom is 0.255 e. The molecule has 9 rings (SSSR count). The number of aryl methyl sites for hydroxylation is 1. The fourth-order valence-electron chi connectivity index (χ4n) is 10.9. The van der Waals surface area contributed by atoms with E-state index in [1.807, 2.05) is 81.4 Å². The second-order valence-corrected chi connectivity index (χ2v) is 24.2. The molecule has 4 aromatic carbocycles. The van der Waals surface area contributed by atoms with Gasteiger partial charge in [-0.15, -0.1) is 22.7 Å². The molecule has 5 heterocycles. The first kappa shape index (κ1) is 61.4. The fraction of sp³-hybridized carbons (Fsp3) is 0.435. The molecule has 0 saturated carbocycles. The quantitative estimate of drug-likeness (QED) is 0.0349. The summed E-state index contributed by atoms with van der Waals surface area (Å²) in [6.07, 6.45) is 1.61. The number of β-amino-alcohol motifs (C(OH)–C–C–N with tert-alkyl or cyclic N) is 1. The number of fused-ring (bicyclic) bond motifs is 1. The summed E-state index contributed by atoms with van der Waals surface area (Å²) in [7, 11) is 0. The minimum Gasteiger partial charge on any atom is -0.508 e. The van der Waals surface area contributed by atoms with Gasteiger partial charge in [0.1, 0.15) is 23.7 Å². The average Bonchev–Trinajstić information content (AvgIpc) is 3.01. The Morgan fingerprint density at radius 2 is 1.50 bits per heavy atom. The highest BCUT2D eigenvalue weighted by molar-refractivity contribution is 7.14. The molecule has 22 heteroatoms. The number of halogens is 1. The summed E-state index contributed by atoms with van der Waals surface area (Å²) in [6.45, 7) is 14.7. The number of carbonyl (C=O) groups is 5. The summed E-state index contributed by atoms with van der Waals surface area (Å²) >= 11 is 2.81. The van der Waals surface area contributed by atoms with Gasteiger partial charge in [0.25, 0.3) is 11.8 Å². The van der Waals surface area contributed by atoms with Crippen molar-refractivity contribution in [3.63, 3.8) is 0 Å². The van der Waals surface area contributed by atoms with Crippen LogP contribution in [0.4, 0.5) is 15.2 Å². The molecule has 0 bridgehead atoms. The van der Waals surface area contributed by atoms with Crippen molar-refractivity contribution in [2.75, 3.05) is 82.6 Å². The minimum absolute atomic E-state index is 0.0171. The Hall–Kier alpha value is -7.18. The zero-order chi connectivity index (χ0) is 59.5. The monoisotopic (exact) mass is 1190 g/mol. The molecule has 5 atom stereocenters. The number of carbonyl (C=O) groups excluding carboxylic acids is 5. The van der Waals surface area contributed by atoms with Gasteiger partial charge in [0.2, 0.25) is 17.7 Å². The number of aliphatic hydroxyl groups excluding tert-OH is 1. The normalized spacial score (nSPS) is 17.3. The summed E-state index contributed by atoms with van der Waals surface area (Å²) in [4.78, 5) is 84.9. The Bertz CT molecular complexity index is 3220. The molecule has 6 aromatic rings. The number of aromatic nitrogens is 2. The molecule has 5 N–H and O–H groups in total. The van der Waals surface area contributed by atoms with Gasteiger partial charge in [0.05, 0.1) is 68.2 Å². The van der Waals surface area contributed by atoms with Gasteiger partial charge < -0.3 is 54.7 Å². The largest absolute Gasteiger partial charge is 0.508 e. The van der Waals surface area contributed by atoms with Gasteiger partial charge in [-0.05, 0) is 89.9 Å². The van der Waals surface area contributed by atoms with Crippen molar-refractivity contribution in [2.45, 2.75) is 97.2 Å². The number of phenols is 1. The lowest BCUT2D eigenvalue weighted by Gasteiger charge is -2.37. The molecule has 3 aliphatic rings. The van der Waals surface area contributed by atoms with Gasteiger partial charge in [-0.2, -0.15) is 0 Å². The molecule has 4 unspecified atom stereocenters. The van der Waals surface area contributed by atoms with E-state index >= 15 is 0 Å². The molecule has 0 aliphatic carbocycles. The molecule has 84 heavy (non-hydrogen) atoms. The van der Waals surface area contributed by atoms with Gasteiger partial charge in [-0.3, -0.25) is 29.3 Å². The number of anilines is 2. The molecular formula is C62H74FN9O10S2. The first-order chi connectivity index (χ1) is 40.4. The second-order valence-electron chi connectivity index (χ2n) is 22.4. The van der Waals surface area contributed by atoms with E-state index in [1.54, 1.807) is 27.7 Å². The van der Waals surface area contributed by atoms with Crippen LogP contribution in [0, 0.1) is 18.2 Å². The van der Waals surface area contributed by atoms with Crippen molar-refractivity contribution in [2.24, 2.45) is 5.41 Å². The topological polar surface area (TPSA) is 228 Å². The van der Waals surface area contributed by atoms with E-state index < -0.39 is 41.2 Å². The van der Waals surface area contributed by atoms with Crippen LogP contribution in [0.3, 0.4) is 0 Å². The lowest BCUT2D eigenvalue weighted by molar-refractivity contribution is -0.141. The number of thiazole rings is 2. The van der Waals surface area contributed by atoms with Crippen molar-refractivity contribution in [3.05, 3.63) is 136 Å². The number of hydrogen-bond acceptors (Lipinski definition) is 16. The minimum atomic E-state index is -1.33. The van der Waals surface area contributed by atoms with Crippen LogP contribution in [-0.4, -0.2) is 161 Å². The van der Waals surface area contributed by atoms with Crippen molar-refractivity contribution >= 4 is 63.0 Å². The molecule has 2 saturated heterocycles. The van der Waals surface area contributed by atoms with Crippen LogP contribution in [0.2, 0.25) is 0 Å². The van der Waals surface area contributed by atoms with Crippen LogP contribution >= 0.6 is 22.7 Å². The van der Waals surface area contributed by atoms with Crippen LogP contribution in [0.5, 0.6) is 5.75 Å². The van der Waals surface area contributed by atoms with Crippen LogP contribution < -0.4 is 20.9 Å². The Morgan fingerprint density at radius 1 is 0.821 bits per heavy atom. The number of aromatic hydroxyl groups is 1. The summed E-state index contributed by atoms with van der Waals surface area (Å²) in [5.41, 5.74) is 8.25. The predicted octanol–water partition coefficient (Wildman–Crippen LogP) is 7.57. The third kappa shape index (κ3) is 15.4. The number of benzene rings is 4. The molecule has 446 valence electrons. The number of rotatable bonds is 25. The molecule has 3 aliphatic heterocycles. The Balaban J connectivity index is 0.634. The molecular weight excluding hydrogens is 1110 g/mol. The van der Waals surface area contributed by atoms with Crippen molar-refractivity contribution in [3.8, 4) is 27.3 Å². The zero-order valence-corrected chi connectivity index (χ0v) is 49.7. The van der Waals surface area contributed by atoms with Crippen molar-refractivity contribution in [1.82, 2.24) is 35.3 Å². The van der Waals surface area contributed by atoms with Gasteiger partial charge in [0.15, 0.2) is 5.13 Å². The third-order valence-corrected chi connectivity index (χ3v) is 17.2. The predicted molar refractivity (Wildman–Crippen MR) is 320 cm³/mol. The Labute approximate surface area is 497 Å². The highest BCUT2D eigenvalue weighted by Gasteiger charge is 2.44. The van der Waals surface area contributed by atoms with E-state index in [9.17, 15) is 38.6 Å². The zero-order valence-electron chi connectivity index (χ0n) is 48.1. The lowest BCUT2D eigenvalue weighted by Crippen LogP contribution is -2.58. The molecule has 0 spiro atoms. The number of likely N-dealkylation sites (tertiary alicyclic amines) is 1.